The maximum absolute atomic E-state index is 12.3. The number of anilines is 1. The summed E-state index contributed by atoms with van der Waals surface area (Å²) >= 11 is 0. The molecule has 0 radical (unpaired) electrons. The number of benzene rings is 1. The molecule has 21 heavy (non-hydrogen) atoms. The molecule has 2 rings (SSSR count). The smallest absolute Gasteiger partial charge is 0.322 e. The lowest BCUT2D eigenvalue weighted by Gasteiger charge is -2.07. The second-order valence-electron chi connectivity index (χ2n) is 5.10. The Morgan fingerprint density at radius 3 is 2.67 bits per heavy atom. The Morgan fingerprint density at radius 2 is 1.95 bits per heavy atom. The second kappa shape index (κ2) is 7.02. The highest BCUT2D eigenvalue weighted by Gasteiger charge is 2.13. The lowest BCUT2D eigenvalue weighted by atomic mass is 10.0. The fourth-order valence-corrected chi connectivity index (χ4v) is 2.14. The van der Waals surface area contributed by atoms with E-state index in [9.17, 15) is 4.79 Å². The van der Waals surface area contributed by atoms with Gasteiger partial charge in [0.15, 0.2) is 0 Å². The Bertz CT molecular complexity index is 620. The zero-order valence-electron chi connectivity index (χ0n) is 12.8. The number of hydrogen-bond donors (Lipinski definition) is 1. The lowest BCUT2D eigenvalue weighted by Crippen LogP contribution is -2.14. The van der Waals surface area contributed by atoms with Crippen LogP contribution in [0.1, 0.15) is 54.1 Å². The Morgan fingerprint density at radius 1 is 1.19 bits per heavy atom. The van der Waals surface area contributed by atoms with Crippen molar-refractivity contribution in [3.8, 4) is 0 Å². The van der Waals surface area contributed by atoms with Crippen molar-refractivity contribution < 1.29 is 9.21 Å². The van der Waals surface area contributed by atoms with E-state index in [-0.39, 0.29) is 11.9 Å². The summed E-state index contributed by atoms with van der Waals surface area (Å²) in [6.45, 7) is 6.07. The average molecular weight is 287 g/mol. The van der Waals surface area contributed by atoms with E-state index < -0.39 is 0 Å². The highest BCUT2D eigenvalue weighted by Crippen LogP contribution is 2.15. The van der Waals surface area contributed by atoms with Gasteiger partial charge in [-0.2, -0.15) is 0 Å². The van der Waals surface area contributed by atoms with Gasteiger partial charge in [0.2, 0.25) is 5.89 Å². The Balaban J connectivity index is 2.13. The largest absolute Gasteiger partial charge is 0.408 e. The van der Waals surface area contributed by atoms with Gasteiger partial charge in [-0.25, -0.2) is 0 Å². The summed E-state index contributed by atoms with van der Waals surface area (Å²) in [5, 5.41) is 10.4. The Hall–Kier alpha value is -2.17. The zero-order valence-corrected chi connectivity index (χ0v) is 12.8. The van der Waals surface area contributed by atoms with Gasteiger partial charge in [0, 0.05) is 12.0 Å². The van der Waals surface area contributed by atoms with Crippen molar-refractivity contribution in [3.05, 3.63) is 40.8 Å². The number of amides is 1. The second-order valence-corrected chi connectivity index (χ2v) is 5.10. The maximum Gasteiger partial charge on any atom is 0.322 e. The Kier molecular flexibility index (Phi) is 5.09. The topological polar surface area (TPSA) is 68.0 Å². The zero-order chi connectivity index (χ0) is 15.2. The summed E-state index contributed by atoms with van der Waals surface area (Å²) in [4.78, 5) is 12.3. The summed E-state index contributed by atoms with van der Waals surface area (Å²) in [5.74, 6) is 0.335. The van der Waals surface area contributed by atoms with E-state index >= 15 is 0 Å². The van der Waals surface area contributed by atoms with Crippen LogP contribution < -0.4 is 5.32 Å². The quantitative estimate of drug-likeness (QED) is 0.882. The van der Waals surface area contributed by atoms with Crippen molar-refractivity contribution in [2.24, 2.45) is 0 Å². The molecule has 0 aliphatic rings. The highest BCUT2D eigenvalue weighted by atomic mass is 16.4. The molecule has 0 saturated heterocycles. The fourth-order valence-electron chi connectivity index (χ4n) is 2.14. The number of carbonyl (C=O) groups is 1. The average Bonchev–Trinajstić information content (AvgIpc) is 2.89. The summed E-state index contributed by atoms with van der Waals surface area (Å²) in [6.07, 6.45) is 3.65. The lowest BCUT2D eigenvalue weighted by molar-refractivity contribution is 0.102. The predicted octanol–water partition coefficient (Wildman–Crippen LogP) is 3.54. The van der Waals surface area contributed by atoms with Crippen LogP contribution >= 0.6 is 0 Å². The molecule has 0 bridgehead atoms. The van der Waals surface area contributed by atoms with Crippen molar-refractivity contribution in [1.29, 1.82) is 0 Å². The maximum atomic E-state index is 12.3. The summed E-state index contributed by atoms with van der Waals surface area (Å²) in [6, 6.07) is 6.11. The molecule has 1 amide bonds. The van der Waals surface area contributed by atoms with E-state index in [4.69, 9.17) is 4.42 Å². The number of nitrogens with one attached hydrogen (secondary N) is 1. The van der Waals surface area contributed by atoms with Crippen LogP contribution in [-0.4, -0.2) is 16.1 Å². The van der Waals surface area contributed by atoms with Gasteiger partial charge in [0.1, 0.15) is 0 Å². The molecular formula is C16H21N3O2. The van der Waals surface area contributed by atoms with Gasteiger partial charge in [-0.15, -0.1) is 5.10 Å². The minimum atomic E-state index is -0.211. The first kappa shape index (κ1) is 15.2. The first-order valence-corrected chi connectivity index (χ1v) is 7.37. The summed E-state index contributed by atoms with van der Waals surface area (Å²) in [5.41, 5.74) is 2.74. The molecule has 0 spiro atoms. The van der Waals surface area contributed by atoms with Crippen molar-refractivity contribution in [3.63, 3.8) is 0 Å². The molecule has 0 unspecified atom stereocenters. The van der Waals surface area contributed by atoms with Crippen LogP contribution in [0, 0.1) is 6.92 Å². The van der Waals surface area contributed by atoms with Gasteiger partial charge >= 0.3 is 6.01 Å². The van der Waals surface area contributed by atoms with Crippen LogP contribution in [0.5, 0.6) is 0 Å². The van der Waals surface area contributed by atoms with Gasteiger partial charge < -0.3 is 4.42 Å². The van der Waals surface area contributed by atoms with E-state index in [0.29, 0.717) is 17.9 Å². The molecule has 1 aromatic carbocycles. The molecule has 112 valence electrons. The summed E-state index contributed by atoms with van der Waals surface area (Å²) < 4.78 is 5.38. The standard InChI is InChI=1S/C16H21N3O2/c1-4-6-12-9-8-11(3)13(10-12)15(20)17-16-19-18-14(21-16)7-5-2/h8-10H,4-7H2,1-3H3,(H,17,19,20). The minimum absolute atomic E-state index is 0.156. The predicted molar refractivity (Wildman–Crippen MR) is 81.4 cm³/mol. The fraction of sp³-hybridized carbons (Fsp3) is 0.438. The van der Waals surface area contributed by atoms with E-state index in [1.54, 1.807) is 0 Å². The molecule has 0 atom stereocenters. The monoisotopic (exact) mass is 287 g/mol. The molecule has 0 fully saturated rings. The molecule has 1 aromatic heterocycles. The number of rotatable bonds is 6. The van der Waals surface area contributed by atoms with Gasteiger partial charge in [-0.1, -0.05) is 37.5 Å². The van der Waals surface area contributed by atoms with E-state index in [2.05, 4.69) is 28.5 Å². The third kappa shape index (κ3) is 3.90. The van der Waals surface area contributed by atoms with Gasteiger partial charge in [-0.3, -0.25) is 10.1 Å². The molecule has 5 heteroatoms. The van der Waals surface area contributed by atoms with Crippen LogP contribution in [-0.2, 0) is 12.8 Å². The normalized spacial score (nSPS) is 10.6. The van der Waals surface area contributed by atoms with Crippen LogP contribution in [0.15, 0.2) is 22.6 Å². The molecule has 0 saturated carbocycles. The molecule has 0 aliphatic carbocycles. The first-order valence-electron chi connectivity index (χ1n) is 7.37. The third-order valence-electron chi connectivity index (χ3n) is 3.24. The minimum Gasteiger partial charge on any atom is -0.408 e. The van der Waals surface area contributed by atoms with Crippen molar-refractivity contribution in [2.75, 3.05) is 5.32 Å². The molecule has 2 aromatic rings. The van der Waals surface area contributed by atoms with Crippen molar-refractivity contribution in [2.45, 2.75) is 46.5 Å². The van der Waals surface area contributed by atoms with Crippen LogP contribution in [0.25, 0.3) is 0 Å². The number of hydrogen-bond acceptors (Lipinski definition) is 4. The third-order valence-corrected chi connectivity index (χ3v) is 3.24. The molecular weight excluding hydrogens is 266 g/mol. The SMILES string of the molecule is CCCc1ccc(C)c(C(=O)Nc2nnc(CCC)o2)c1. The first-order chi connectivity index (χ1) is 10.1. The van der Waals surface area contributed by atoms with Crippen molar-refractivity contribution in [1.82, 2.24) is 10.2 Å². The summed E-state index contributed by atoms with van der Waals surface area (Å²) in [7, 11) is 0. The van der Waals surface area contributed by atoms with E-state index in [0.717, 1.165) is 30.4 Å². The van der Waals surface area contributed by atoms with Crippen LogP contribution in [0.4, 0.5) is 6.01 Å². The number of aromatic nitrogens is 2. The van der Waals surface area contributed by atoms with Gasteiger partial charge in [0.25, 0.3) is 5.91 Å². The number of nitrogens with zero attached hydrogens (tertiary/aromatic N) is 2. The van der Waals surface area contributed by atoms with Crippen LogP contribution in [0.2, 0.25) is 0 Å². The van der Waals surface area contributed by atoms with E-state index in [1.807, 2.05) is 26.0 Å². The molecule has 1 heterocycles. The van der Waals surface area contributed by atoms with Gasteiger partial charge in [-0.05, 0) is 37.0 Å². The molecule has 5 nitrogen and oxygen atoms in total. The van der Waals surface area contributed by atoms with E-state index in [1.165, 1.54) is 0 Å². The Labute approximate surface area is 124 Å². The number of carbonyl (C=O) groups excluding carboxylic acids is 1. The highest BCUT2D eigenvalue weighted by molar-refractivity contribution is 6.04. The van der Waals surface area contributed by atoms with Gasteiger partial charge in [0.05, 0.1) is 0 Å². The number of aryl methyl sites for hydroxylation is 3. The van der Waals surface area contributed by atoms with Crippen molar-refractivity contribution >= 4 is 11.9 Å². The molecule has 1 N–H and O–H groups in total. The van der Waals surface area contributed by atoms with Crippen LogP contribution in [0.3, 0.4) is 0 Å². The molecule has 0 aliphatic heterocycles.